The molecule has 0 fully saturated rings. The molecule has 0 atom stereocenters. The van der Waals surface area contributed by atoms with E-state index < -0.39 is 12.1 Å². The largest absolute Gasteiger partial charge is 0.481 e. The van der Waals surface area contributed by atoms with E-state index >= 15 is 0 Å². The van der Waals surface area contributed by atoms with Gasteiger partial charge >= 0.3 is 12.1 Å². The van der Waals surface area contributed by atoms with Crippen molar-refractivity contribution >= 4 is 24.0 Å². The van der Waals surface area contributed by atoms with Gasteiger partial charge in [0.2, 0.25) is 0 Å². The molecule has 0 saturated carbocycles. The van der Waals surface area contributed by atoms with Gasteiger partial charge in [-0.25, -0.2) is 9.18 Å². The minimum absolute atomic E-state index is 0.0354. The van der Waals surface area contributed by atoms with E-state index in [9.17, 15) is 14.0 Å². The molecule has 0 aliphatic carbocycles. The van der Waals surface area contributed by atoms with E-state index in [0.717, 1.165) is 11.3 Å². The highest BCUT2D eigenvalue weighted by Crippen LogP contribution is 2.15. The number of nitrogens with one attached hydrogen (secondary N) is 1. The van der Waals surface area contributed by atoms with Crippen LogP contribution in [0.3, 0.4) is 0 Å². The molecule has 1 amide bonds. The van der Waals surface area contributed by atoms with Crippen molar-refractivity contribution in [1.29, 1.82) is 0 Å². The molecule has 0 aromatic heterocycles. The standard InChI is InChI=1S/C25H28FN3O4/c1-17(27-15-21(14-24(30)31)18(2)29(3)4)13-19-7-11-23(12-8-19)28-25(32)33-16-20-5-9-22(26)10-6-20/h5-12,15H,1,13-14,16H2,2-4H3,(H,28,32)(H,30,31)/b21-18+,27-15?. The summed E-state index contributed by atoms with van der Waals surface area (Å²) in [5.41, 5.74) is 4.16. The average Bonchev–Trinajstić information content (AvgIpc) is 2.76. The Kier molecular flexibility index (Phi) is 9.35. The Hall–Kier alpha value is -3.94. The van der Waals surface area contributed by atoms with Crippen LogP contribution in [0.25, 0.3) is 0 Å². The highest BCUT2D eigenvalue weighted by molar-refractivity contribution is 5.87. The molecule has 0 spiro atoms. The number of carboxylic acid groups (broad SMARTS) is 1. The first-order chi connectivity index (χ1) is 15.6. The fourth-order valence-corrected chi connectivity index (χ4v) is 2.76. The van der Waals surface area contributed by atoms with Crippen LogP contribution in [0.1, 0.15) is 24.5 Å². The van der Waals surface area contributed by atoms with Gasteiger partial charge in [0.15, 0.2) is 0 Å². The first-order valence-electron chi connectivity index (χ1n) is 10.2. The number of rotatable bonds is 10. The monoisotopic (exact) mass is 453 g/mol. The number of carbonyl (C=O) groups is 2. The number of aliphatic imine (C=N–C) groups is 1. The van der Waals surface area contributed by atoms with Crippen LogP contribution in [-0.4, -0.2) is 42.4 Å². The van der Waals surface area contributed by atoms with E-state index in [1.165, 1.54) is 12.1 Å². The molecular weight excluding hydrogens is 425 g/mol. The Morgan fingerprint density at radius 1 is 1.12 bits per heavy atom. The average molecular weight is 454 g/mol. The lowest BCUT2D eigenvalue weighted by atomic mass is 10.1. The Labute approximate surface area is 192 Å². The predicted molar refractivity (Wildman–Crippen MR) is 127 cm³/mol. The maximum atomic E-state index is 12.9. The van der Waals surface area contributed by atoms with Crippen LogP contribution in [0.5, 0.6) is 0 Å². The van der Waals surface area contributed by atoms with Gasteiger partial charge in [-0.05, 0) is 42.3 Å². The van der Waals surface area contributed by atoms with Crippen molar-refractivity contribution in [3.8, 4) is 0 Å². The molecule has 2 aromatic carbocycles. The lowest BCUT2D eigenvalue weighted by Crippen LogP contribution is -2.13. The second-order valence-electron chi connectivity index (χ2n) is 7.60. The van der Waals surface area contributed by atoms with Crippen LogP contribution in [-0.2, 0) is 22.6 Å². The zero-order valence-corrected chi connectivity index (χ0v) is 19.0. The molecule has 0 aliphatic heterocycles. The molecule has 33 heavy (non-hydrogen) atoms. The number of allylic oxidation sites excluding steroid dienone is 2. The van der Waals surface area contributed by atoms with Gasteiger partial charge in [-0.1, -0.05) is 30.8 Å². The third-order valence-corrected chi connectivity index (χ3v) is 4.77. The van der Waals surface area contributed by atoms with Gasteiger partial charge in [-0.3, -0.25) is 15.1 Å². The maximum Gasteiger partial charge on any atom is 0.411 e. The van der Waals surface area contributed by atoms with Crippen LogP contribution in [0.2, 0.25) is 0 Å². The highest BCUT2D eigenvalue weighted by Gasteiger charge is 2.08. The van der Waals surface area contributed by atoms with Crippen molar-refractivity contribution < 1.29 is 23.8 Å². The summed E-state index contributed by atoms with van der Waals surface area (Å²) in [4.78, 5) is 29.2. The number of benzene rings is 2. The summed E-state index contributed by atoms with van der Waals surface area (Å²) in [5.74, 6) is -1.28. The summed E-state index contributed by atoms with van der Waals surface area (Å²) in [5, 5.41) is 11.7. The number of carboxylic acids is 1. The number of carbonyl (C=O) groups excluding carboxylic acids is 1. The number of hydrogen-bond acceptors (Lipinski definition) is 5. The molecule has 0 saturated heterocycles. The molecule has 0 aliphatic rings. The summed E-state index contributed by atoms with van der Waals surface area (Å²) in [6.07, 6.45) is 1.26. The second-order valence-corrected chi connectivity index (χ2v) is 7.60. The topological polar surface area (TPSA) is 91.2 Å². The molecular formula is C25H28FN3O4. The fourth-order valence-electron chi connectivity index (χ4n) is 2.76. The number of ether oxygens (including phenoxy) is 1. The van der Waals surface area contributed by atoms with E-state index in [1.54, 1.807) is 30.5 Å². The summed E-state index contributed by atoms with van der Waals surface area (Å²) >= 11 is 0. The van der Waals surface area contributed by atoms with Gasteiger partial charge in [-0.15, -0.1) is 0 Å². The molecule has 0 unspecified atom stereocenters. The Morgan fingerprint density at radius 2 is 1.73 bits per heavy atom. The van der Waals surface area contributed by atoms with Gasteiger partial charge in [0.25, 0.3) is 0 Å². The Morgan fingerprint density at radius 3 is 2.30 bits per heavy atom. The van der Waals surface area contributed by atoms with E-state index in [4.69, 9.17) is 9.84 Å². The van der Waals surface area contributed by atoms with E-state index in [0.29, 0.717) is 28.9 Å². The molecule has 0 heterocycles. The van der Waals surface area contributed by atoms with Crippen LogP contribution >= 0.6 is 0 Å². The number of aliphatic carboxylic acids is 1. The second kappa shape index (κ2) is 12.2. The van der Waals surface area contributed by atoms with Crippen molar-refractivity contribution in [2.45, 2.75) is 26.4 Å². The van der Waals surface area contributed by atoms with Crippen molar-refractivity contribution in [3.05, 3.63) is 89.0 Å². The molecule has 2 N–H and O–H groups in total. The van der Waals surface area contributed by atoms with Crippen molar-refractivity contribution in [1.82, 2.24) is 4.90 Å². The highest BCUT2D eigenvalue weighted by atomic mass is 19.1. The molecule has 0 bridgehead atoms. The number of hydrogen-bond donors (Lipinski definition) is 2. The predicted octanol–water partition coefficient (Wildman–Crippen LogP) is 5.01. The van der Waals surface area contributed by atoms with Gasteiger partial charge in [0.05, 0.1) is 6.42 Å². The number of halogens is 1. The van der Waals surface area contributed by atoms with E-state index in [1.807, 2.05) is 38.1 Å². The van der Waals surface area contributed by atoms with Gasteiger partial charge in [0.1, 0.15) is 12.4 Å². The Balaban J connectivity index is 1.89. The van der Waals surface area contributed by atoms with Crippen molar-refractivity contribution in [2.24, 2.45) is 4.99 Å². The summed E-state index contributed by atoms with van der Waals surface area (Å²) < 4.78 is 18.0. The fraction of sp³-hybridized carbons (Fsp3) is 0.240. The van der Waals surface area contributed by atoms with Crippen LogP contribution in [0.4, 0.5) is 14.9 Å². The maximum absolute atomic E-state index is 12.9. The van der Waals surface area contributed by atoms with Crippen LogP contribution in [0, 0.1) is 5.82 Å². The first-order valence-corrected chi connectivity index (χ1v) is 10.2. The lowest BCUT2D eigenvalue weighted by molar-refractivity contribution is -0.136. The normalized spacial score (nSPS) is 11.6. The summed E-state index contributed by atoms with van der Waals surface area (Å²) in [6, 6.07) is 12.8. The molecule has 174 valence electrons. The zero-order chi connectivity index (χ0) is 24.4. The van der Waals surface area contributed by atoms with E-state index in [-0.39, 0.29) is 18.8 Å². The summed E-state index contributed by atoms with van der Waals surface area (Å²) in [6.45, 7) is 5.81. The molecule has 7 nitrogen and oxygen atoms in total. The molecule has 2 aromatic rings. The smallest absolute Gasteiger partial charge is 0.411 e. The zero-order valence-electron chi connectivity index (χ0n) is 19.0. The van der Waals surface area contributed by atoms with Gasteiger partial charge in [0, 0.05) is 49.4 Å². The molecule has 0 radical (unpaired) electrons. The quantitative estimate of drug-likeness (QED) is 0.494. The Bertz CT molecular complexity index is 1040. The molecule has 2 rings (SSSR count). The number of amides is 1. The third-order valence-electron chi connectivity index (χ3n) is 4.77. The van der Waals surface area contributed by atoms with Gasteiger partial charge < -0.3 is 14.7 Å². The van der Waals surface area contributed by atoms with Crippen LogP contribution < -0.4 is 5.32 Å². The van der Waals surface area contributed by atoms with E-state index in [2.05, 4.69) is 16.9 Å². The minimum Gasteiger partial charge on any atom is -0.481 e. The minimum atomic E-state index is -0.928. The summed E-state index contributed by atoms with van der Waals surface area (Å²) in [7, 11) is 3.68. The van der Waals surface area contributed by atoms with Crippen LogP contribution in [0.15, 0.2) is 77.1 Å². The van der Waals surface area contributed by atoms with Crippen molar-refractivity contribution in [3.63, 3.8) is 0 Å². The number of nitrogens with zero attached hydrogens (tertiary/aromatic N) is 2. The third kappa shape index (κ3) is 8.98. The molecule has 8 heteroatoms. The van der Waals surface area contributed by atoms with Crippen molar-refractivity contribution in [2.75, 3.05) is 19.4 Å². The first kappa shape index (κ1) is 25.3. The van der Waals surface area contributed by atoms with Gasteiger partial charge in [-0.2, -0.15) is 0 Å². The number of anilines is 1. The lowest BCUT2D eigenvalue weighted by Gasteiger charge is -2.15. The SMILES string of the molecule is C=C(Cc1ccc(NC(=O)OCc2ccc(F)cc2)cc1)N=C/C(CC(=O)O)=C(\C)N(C)C.